The summed E-state index contributed by atoms with van der Waals surface area (Å²) in [7, 11) is 1.91. The van der Waals surface area contributed by atoms with Gasteiger partial charge in [0, 0.05) is 6.42 Å². The molecule has 0 aromatic rings. The van der Waals surface area contributed by atoms with Crippen LogP contribution in [0.3, 0.4) is 0 Å². The van der Waals surface area contributed by atoms with Gasteiger partial charge in [-0.1, -0.05) is 6.92 Å². The zero-order chi connectivity index (χ0) is 6.41. The molecule has 0 aromatic heterocycles. The minimum absolute atomic E-state index is 0.114. The second-order valence-corrected chi connectivity index (χ2v) is 1.57. The average Bonchev–Trinajstić information content (AvgIpc) is 1.83. The van der Waals surface area contributed by atoms with Gasteiger partial charge < -0.3 is 10.6 Å². The molecule has 0 atom stereocenters. The van der Waals surface area contributed by atoms with Gasteiger partial charge in [0.2, 0.25) is 5.91 Å². The lowest BCUT2D eigenvalue weighted by atomic mass is 10.5. The lowest BCUT2D eigenvalue weighted by molar-refractivity contribution is -0.629. The maximum Gasteiger partial charge on any atom is 0.223 e. The molecule has 8 heavy (non-hydrogen) atoms. The molecule has 0 aliphatic heterocycles. The molecule has 48 valence electrons. The van der Waals surface area contributed by atoms with Crippen molar-refractivity contribution in [1.82, 2.24) is 5.32 Å². The van der Waals surface area contributed by atoms with Crippen LogP contribution in [0.1, 0.15) is 13.3 Å². The summed E-state index contributed by atoms with van der Waals surface area (Å²) >= 11 is 0. The van der Waals surface area contributed by atoms with E-state index in [4.69, 9.17) is 0 Å². The molecular formula is C5H13N2O+. The van der Waals surface area contributed by atoms with Gasteiger partial charge in [-0.05, 0) is 0 Å². The molecule has 0 rings (SSSR count). The van der Waals surface area contributed by atoms with Crippen molar-refractivity contribution < 1.29 is 10.1 Å². The Morgan fingerprint density at radius 1 is 1.75 bits per heavy atom. The van der Waals surface area contributed by atoms with Crippen LogP contribution in [-0.2, 0) is 4.79 Å². The van der Waals surface area contributed by atoms with Crippen LogP contribution in [0.2, 0.25) is 0 Å². The molecule has 0 aliphatic rings. The average molecular weight is 117 g/mol. The summed E-state index contributed by atoms with van der Waals surface area (Å²) in [5, 5.41) is 4.60. The van der Waals surface area contributed by atoms with Crippen molar-refractivity contribution in [2.24, 2.45) is 0 Å². The summed E-state index contributed by atoms with van der Waals surface area (Å²) in [6.45, 7) is 2.53. The molecule has 3 heteroatoms. The van der Waals surface area contributed by atoms with Gasteiger partial charge >= 0.3 is 0 Å². The van der Waals surface area contributed by atoms with Gasteiger partial charge in [-0.25, -0.2) is 0 Å². The Hall–Kier alpha value is -0.570. The number of nitrogens with two attached hydrogens (primary N) is 1. The minimum Gasteiger partial charge on any atom is -0.332 e. The van der Waals surface area contributed by atoms with E-state index in [0.717, 1.165) is 0 Å². The van der Waals surface area contributed by atoms with E-state index in [0.29, 0.717) is 13.1 Å². The molecule has 0 aliphatic carbocycles. The van der Waals surface area contributed by atoms with E-state index in [2.05, 4.69) is 5.32 Å². The molecule has 1 amide bonds. The molecular weight excluding hydrogens is 104 g/mol. The van der Waals surface area contributed by atoms with E-state index in [1.54, 1.807) is 0 Å². The van der Waals surface area contributed by atoms with Gasteiger partial charge in [-0.15, -0.1) is 0 Å². The van der Waals surface area contributed by atoms with Crippen molar-refractivity contribution in [1.29, 1.82) is 0 Å². The van der Waals surface area contributed by atoms with E-state index in [-0.39, 0.29) is 5.91 Å². The van der Waals surface area contributed by atoms with Crippen LogP contribution in [0.4, 0.5) is 0 Å². The Kier molecular flexibility index (Phi) is 4.26. The molecule has 0 spiro atoms. The normalized spacial score (nSPS) is 8.75. The summed E-state index contributed by atoms with van der Waals surface area (Å²) < 4.78 is 0. The fraction of sp³-hybridized carbons (Fsp3) is 0.800. The molecule has 0 unspecified atom stereocenters. The van der Waals surface area contributed by atoms with Crippen molar-refractivity contribution >= 4 is 5.91 Å². The highest BCUT2D eigenvalue weighted by Gasteiger charge is 1.91. The van der Waals surface area contributed by atoms with Crippen LogP contribution in [0, 0.1) is 0 Å². The lowest BCUT2D eigenvalue weighted by Crippen LogP contribution is -2.83. The maximum atomic E-state index is 10.4. The molecule has 0 radical (unpaired) electrons. The second-order valence-electron chi connectivity index (χ2n) is 1.57. The van der Waals surface area contributed by atoms with Crippen molar-refractivity contribution in [2.75, 3.05) is 13.7 Å². The van der Waals surface area contributed by atoms with Crippen LogP contribution < -0.4 is 10.6 Å². The highest BCUT2D eigenvalue weighted by atomic mass is 16.1. The summed E-state index contributed by atoms with van der Waals surface area (Å²) in [5.41, 5.74) is 0. The van der Waals surface area contributed by atoms with Crippen LogP contribution in [-0.4, -0.2) is 19.6 Å². The lowest BCUT2D eigenvalue weighted by Gasteiger charge is -1.96. The number of rotatable bonds is 3. The van der Waals surface area contributed by atoms with Crippen molar-refractivity contribution in [2.45, 2.75) is 13.3 Å². The molecule has 3 nitrogen and oxygen atoms in total. The van der Waals surface area contributed by atoms with Gasteiger partial charge in [0.05, 0.1) is 7.05 Å². The minimum atomic E-state index is 0.114. The van der Waals surface area contributed by atoms with E-state index in [1.807, 2.05) is 19.3 Å². The maximum absolute atomic E-state index is 10.4. The summed E-state index contributed by atoms with van der Waals surface area (Å²) in [5.74, 6) is 0.114. The molecule has 0 aromatic carbocycles. The summed E-state index contributed by atoms with van der Waals surface area (Å²) in [6.07, 6.45) is 0.577. The van der Waals surface area contributed by atoms with E-state index in [9.17, 15) is 4.79 Å². The van der Waals surface area contributed by atoms with E-state index >= 15 is 0 Å². The topological polar surface area (TPSA) is 45.7 Å². The fourth-order valence-corrected chi connectivity index (χ4v) is 0.341. The Labute approximate surface area is 49.5 Å². The second kappa shape index (κ2) is 4.59. The number of hydrogen-bond donors (Lipinski definition) is 2. The Bertz CT molecular complexity index is 72.8. The zero-order valence-corrected chi connectivity index (χ0v) is 5.40. The highest BCUT2D eigenvalue weighted by molar-refractivity contribution is 5.75. The third-order valence-corrected chi connectivity index (χ3v) is 0.824. The quantitative estimate of drug-likeness (QED) is 0.442. The summed E-state index contributed by atoms with van der Waals surface area (Å²) in [4.78, 5) is 10.4. The van der Waals surface area contributed by atoms with Crippen molar-refractivity contribution in [3.63, 3.8) is 0 Å². The van der Waals surface area contributed by atoms with Gasteiger partial charge in [0.1, 0.15) is 0 Å². The highest BCUT2D eigenvalue weighted by Crippen LogP contribution is 1.69. The van der Waals surface area contributed by atoms with Crippen molar-refractivity contribution in [3.05, 3.63) is 0 Å². The monoisotopic (exact) mass is 117 g/mol. The predicted molar refractivity (Wildman–Crippen MR) is 31.2 cm³/mol. The number of hydrogen-bond acceptors (Lipinski definition) is 1. The fourth-order valence-electron chi connectivity index (χ4n) is 0.341. The first-order chi connectivity index (χ1) is 3.81. The largest absolute Gasteiger partial charge is 0.332 e. The van der Waals surface area contributed by atoms with Gasteiger partial charge in [0.25, 0.3) is 0 Å². The van der Waals surface area contributed by atoms with E-state index in [1.165, 1.54) is 0 Å². The van der Waals surface area contributed by atoms with E-state index < -0.39 is 0 Å². The number of amides is 1. The molecule has 0 bridgehead atoms. The number of carbonyl (C=O) groups excluding carboxylic acids is 1. The first kappa shape index (κ1) is 7.43. The SMILES string of the molecule is CCC(=O)NC[NH2+]C. The predicted octanol–water partition coefficient (Wildman–Crippen LogP) is -1.34. The first-order valence-electron chi connectivity index (χ1n) is 2.85. The molecule has 3 N–H and O–H groups in total. The summed E-state index contributed by atoms with van der Waals surface area (Å²) in [6, 6.07) is 0. The molecule has 0 saturated heterocycles. The molecule has 0 heterocycles. The Morgan fingerprint density at radius 2 is 2.38 bits per heavy atom. The van der Waals surface area contributed by atoms with Crippen LogP contribution in [0.15, 0.2) is 0 Å². The Balaban J connectivity index is 2.99. The molecule has 0 saturated carbocycles. The van der Waals surface area contributed by atoms with Gasteiger partial charge in [-0.3, -0.25) is 4.79 Å². The first-order valence-corrected chi connectivity index (χ1v) is 2.85. The van der Waals surface area contributed by atoms with Crippen molar-refractivity contribution in [3.8, 4) is 0 Å². The zero-order valence-electron chi connectivity index (χ0n) is 5.40. The van der Waals surface area contributed by atoms with Crippen LogP contribution >= 0.6 is 0 Å². The number of nitrogens with one attached hydrogen (secondary N) is 1. The molecule has 0 fully saturated rings. The Morgan fingerprint density at radius 3 is 2.75 bits per heavy atom. The van der Waals surface area contributed by atoms with Gasteiger partial charge in [0.15, 0.2) is 6.67 Å². The van der Waals surface area contributed by atoms with Crippen LogP contribution in [0.5, 0.6) is 0 Å². The smallest absolute Gasteiger partial charge is 0.223 e. The standard InChI is InChI=1S/C5H12N2O/c1-3-5(8)7-4-6-2/h6H,3-4H2,1-2H3,(H,7,8)/p+1. The van der Waals surface area contributed by atoms with Gasteiger partial charge in [-0.2, -0.15) is 0 Å². The van der Waals surface area contributed by atoms with Crippen LogP contribution in [0.25, 0.3) is 0 Å². The number of quaternary nitrogens is 1. The third-order valence-electron chi connectivity index (χ3n) is 0.824. The number of carbonyl (C=O) groups is 1. The third kappa shape index (κ3) is 3.61.